The monoisotopic (exact) mass is 856 g/mol. The second-order valence-electron chi connectivity index (χ2n) is 21.4. The molecule has 0 amide bonds. The van der Waals surface area contributed by atoms with Crippen LogP contribution in [-0.4, -0.2) is 84.1 Å². The van der Waals surface area contributed by atoms with Gasteiger partial charge in [-0.2, -0.15) is 0 Å². The van der Waals surface area contributed by atoms with E-state index < -0.39 is 48.1 Å². The minimum absolute atomic E-state index is 0.0168. The maximum absolute atomic E-state index is 14.6. The molecule has 1 N–H and O–H groups in total. The second-order valence-corrected chi connectivity index (χ2v) is 34.8. The maximum atomic E-state index is 14.6. The third-order valence-corrected chi connectivity index (χ3v) is 24.8. The summed E-state index contributed by atoms with van der Waals surface area (Å²) >= 11 is 0. The summed E-state index contributed by atoms with van der Waals surface area (Å²) in [7, 11) is -6.91. The van der Waals surface area contributed by atoms with Gasteiger partial charge in [0.2, 0.25) is 0 Å². The van der Waals surface area contributed by atoms with Gasteiger partial charge >= 0.3 is 0 Å². The highest BCUT2D eigenvalue weighted by atomic mass is 28.4. The van der Waals surface area contributed by atoms with E-state index in [0.717, 1.165) is 25.7 Å². The molecule has 0 aromatic heterocycles. The summed E-state index contributed by atoms with van der Waals surface area (Å²) < 4.78 is 34.8. The summed E-state index contributed by atoms with van der Waals surface area (Å²) in [4.78, 5) is 14.6. The van der Waals surface area contributed by atoms with E-state index in [-0.39, 0.29) is 58.5 Å². The molecule has 2 aliphatic carbocycles. The Bertz CT molecular complexity index is 1860. The van der Waals surface area contributed by atoms with Crippen LogP contribution >= 0.6 is 0 Å². The Morgan fingerprint density at radius 3 is 1.75 bits per heavy atom. The third kappa shape index (κ3) is 8.36. The lowest BCUT2D eigenvalue weighted by Gasteiger charge is -2.54. The number of aliphatic hydroxyl groups excluding tert-OH is 1. The molecule has 7 nitrogen and oxygen atoms in total. The first-order valence-corrected chi connectivity index (χ1v) is 30.8. The molecule has 3 aromatic rings. The van der Waals surface area contributed by atoms with Crippen LogP contribution in [0.4, 0.5) is 0 Å². The van der Waals surface area contributed by atoms with Gasteiger partial charge in [-0.1, -0.05) is 144 Å². The van der Waals surface area contributed by atoms with Gasteiger partial charge in [-0.05, 0) is 85.5 Å². The number of ether oxygens (including phenoxy) is 3. The molecule has 2 saturated heterocycles. The molecule has 4 fully saturated rings. The van der Waals surface area contributed by atoms with Crippen molar-refractivity contribution in [2.24, 2.45) is 23.7 Å². The molecule has 0 radical (unpaired) electrons. The van der Waals surface area contributed by atoms with Crippen LogP contribution in [0.25, 0.3) is 0 Å². The van der Waals surface area contributed by atoms with Crippen LogP contribution in [-0.2, 0) is 27.9 Å². The minimum atomic E-state index is -2.69. The molecule has 3 unspecified atom stereocenters. The fraction of sp³-hybridized carbons (Fsp3) is 0.612. The summed E-state index contributed by atoms with van der Waals surface area (Å²) in [5, 5.41) is 15.5. The van der Waals surface area contributed by atoms with Crippen molar-refractivity contribution >= 4 is 46.1 Å². The number of Topliss-reactive ketones (excluding diaryl/α,β-unsaturated/α-hetero) is 1. The number of aliphatic hydroxyl groups is 1. The van der Waals surface area contributed by atoms with Gasteiger partial charge in [0.1, 0.15) is 11.7 Å². The standard InChI is InChI=1S/C49H72O7Si3/c1-33-40(41-43(51)42(50)34(2)45(56-57(8,9)10)49(41)46(55-49)44(33)58(11,12)37-22-16-13-17-23-37)29-28-35-32-36(54-48(6,7)53-35)30-31-52-59(47(3,4)5,38-24-18-14-19-25-38)39-26-20-15-21-27-39/h13-27,33-36,40-42,44-46,50H,28-32H2,1-12H3/t33-,34-,35-,36+,40+,41+,42?,44-,45-,46?,49?/m1/s1. The maximum Gasteiger partial charge on any atom is 0.261 e. The predicted molar refractivity (Wildman–Crippen MR) is 245 cm³/mol. The molecular formula is C49H72O7Si3. The van der Waals surface area contributed by atoms with E-state index in [4.69, 9.17) is 23.1 Å². The Kier molecular flexibility index (Phi) is 12.5. The Balaban J connectivity index is 1.14. The van der Waals surface area contributed by atoms with E-state index in [9.17, 15) is 9.90 Å². The van der Waals surface area contributed by atoms with E-state index in [1.54, 1.807) is 0 Å². The van der Waals surface area contributed by atoms with Crippen LogP contribution < -0.4 is 15.6 Å². The fourth-order valence-corrected chi connectivity index (χ4v) is 21.8. The van der Waals surface area contributed by atoms with Crippen LogP contribution in [0, 0.1) is 23.7 Å². The van der Waals surface area contributed by atoms with Crippen molar-refractivity contribution in [2.45, 2.75) is 159 Å². The van der Waals surface area contributed by atoms with Crippen LogP contribution in [0.1, 0.15) is 74.1 Å². The number of epoxide rings is 1. The van der Waals surface area contributed by atoms with Crippen molar-refractivity contribution in [1.29, 1.82) is 0 Å². The van der Waals surface area contributed by atoms with Gasteiger partial charge in [0.05, 0.1) is 38.4 Å². The molecule has 1 spiro atoms. The highest BCUT2D eigenvalue weighted by Crippen LogP contribution is 2.68. The zero-order valence-corrected chi connectivity index (χ0v) is 40.9. The van der Waals surface area contributed by atoms with Gasteiger partial charge in [-0.3, -0.25) is 4.79 Å². The quantitative estimate of drug-likeness (QED) is 0.137. The first-order valence-electron chi connectivity index (χ1n) is 22.4. The summed E-state index contributed by atoms with van der Waals surface area (Å²) in [6, 6.07) is 32.6. The van der Waals surface area contributed by atoms with Gasteiger partial charge < -0.3 is 28.2 Å². The first kappa shape index (κ1) is 44.8. The first-order chi connectivity index (χ1) is 27.6. The third-order valence-electron chi connectivity index (χ3n) is 14.5. The van der Waals surface area contributed by atoms with Gasteiger partial charge in [-0.15, -0.1) is 0 Å². The van der Waals surface area contributed by atoms with Crippen LogP contribution in [0.15, 0.2) is 91.0 Å². The molecule has 4 aliphatic rings. The van der Waals surface area contributed by atoms with Gasteiger partial charge in [0, 0.05) is 18.9 Å². The Morgan fingerprint density at radius 2 is 1.24 bits per heavy atom. The largest absolute Gasteiger partial charge is 0.411 e. The number of carbonyl (C=O) groups excluding carboxylic acids is 1. The highest BCUT2D eigenvalue weighted by Gasteiger charge is 2.80. The molecule has 322 valence electrons. The van der Waals surface area contributed by atoms with E-state index in [0.29, 0.717) is 6.61 Å². The molecular weight excluding hydrogens is 785 g/mol. The zero-order chi connectivity index (χ0) is 42.8. The minimum Gasteiger partial charge on any atom is -0.411 e. The van der Waals surface area contributed by atoms with Gasteiger partial charge in [0.15, 0.2) is 19.9 Å². The lowest BCUT2D eigenvalue weighted by Crippen LogP contribution is -2.67. The average Bonchev–Trinajstić information content (AvgIpc) is 3.90. The summed E-state index contributed by atoms with van der Waals surface area (Å²) in [5.74, 6) is -1.35. The van der Waals surface area contributed by atoms with Crippen LogP contribution in [0.3, 0.4) is 0 Å². The molecule has 2 heterocycles. The number of ketones is 1. The molecule has 10 heteroatoms. The number of benzene rings is 3. The Labute approximate surface area is 358 Å². The number of rotatable bonds is 13. The molecule has 59 heavy (non-hydrogen) atoms. The van der Waals surface area contributed by atoms with Crippen molar-refractivity contribution in [2.75, 3.05) is 6.61 Å². The van der Waals surface area contributed by atoms with Crippen molar-refractivity contribution in [3.63, 3.8) is 0 Å². The lowest BCUT2D eigenvalue weighted by molar-refractivity contribution is -0.302. The number of hydrogen-bond acceptors (Lipinski definition) is 7. The van der Waals surface area contributed by atoms with Crippen LogP contribution in [0.5, 0.6) is 0 Å². The SMILES string of the molecule is C[C@@H]1[C@H](CC[C@@H]2C[C@H](CCO[Si](c3ccccc3)(c3ccccc3)C(C)(C)C)OC(C)(C)O2)[C@H]2C(=O)C(O)[C@@H](C)[C@@H](O[Si](C)(C)C)C23OC3[C@@H]1[Si](C)(C)c1ccccc1. The number of carbonyl (C=O) groups is 1. The lowest BCUT2D eigenvalue weighted by atomic mass is 9.56. The van der Waals surface area contributed by atoms with Gasteiger partial charge in [-0.25, -0.2) is 0 Å². The normalized spacial score (nSPS) is 33.5. The van der Waals surface area contributed by atoms with E-state index >= 15 is 0 Å². The summed E-state index contributed by atoms with van der Waals surface area (Å²) in [6.07, 6.45) is 1.55. The van der Waals surface area contributed by atoms with Gasteiger partial charge in [0.25, 0.3) is 8.32 Å². The summed E-state index contributed by atoms with van der Waals surface area (Å²) in [6.45, 7) is 27.5. The smallest absolute Gasteiger partial charge is 0.261 e. The van der Waals surface area contributed by atoms with Crippen molar-refractivity contribution < 1.29 is 33.0 Å². The van der Waals surface area contributed by atoms with Crippen molar-refractivity contribution in [3.8, 4) is 0 Å². The Morgan fingerprint density at radius 1 is 0.729 bits per heavy atom. The highest BCUT2D eigenvalue weighted by molar-refractivity contribution is 6.99. The summed E-state index contributed by atoms with van der Waals surface area (Å²) in [5.41, 5.74) is -0.430. The molecule has 2 saturated carbocycles. The topological polar surface area (TPSA) is 86.8 Å². The van der Waals surface area contributed by atoms with Crippen molar-refractivity contribution in [3.05, 3.63) is 91.0 Å². The average molecular weight is 857 g/mol. The molecule has 3 aromatic carbocycles. The number of hydrogen-bond donors (Lipinski definition) is 1. The van der Waals surface area contributed by atoms with Crippen molar-refractivity contribution in [1.82, 2.24) is 0 Å². The van der Waals surface area contributed by atoms with E-state index in [2.05, 4.69) is 151 Å². The van der Waals surface area contributed by atoms with Crippen LogP contribution in [0.2, 0.25) is 43.3 Å². The molecule has 0 bridgehead atoms. The second kappa shape index (κ2) is 16.5. The Hall–Kier alpha value is -2.26. The fourth-order valence-electron chi connectivity index (χ4n) is 12.0. The molecule has 7 rings (SSSR count). The molecule has 2 aliphatic heterocycles. The van der Waals surface area contributed by atoms with E-state index in [1.807, 2.05) is 20.8 Å². The molecule has 11 atom stereocenters. The zero-order valence-electron chi connectivity index (χ0n) is 37.9. The predicted octanol–water partition coefficient (Wildman–Crippen LogP) is 8.45. The van der Waals surface area contributed by atoms with E-state index in [1.165, 1.54) is 15.6 Å².